The molecule has 4 aromatic rings. The number of halogens is 1. The van der Waals surface area contributed by atoms with E-state index in [2.05, 4.69) is 27.7 Å². The molecule has 0 bridgehead atoms. The third kappa shape index (κ3) is 6.23. The van der Waals surface area contributed by atoms with Gasteiger partial charge in [-0.3, -0.25) is 4.79 Å². The first kappa shape index (κ1) is 29.0. The van der Waals surface area contributed by atoms with Crippen molar-refractivity contribution in [2.24, 2.45) is 0 Å². The molecule has 10 heteroatoms. The van der Waals surface area contributed by atoms with Crippen LogP contribution in [0.3, 0.4) is 0 Å². The maximum atomic E-state index is 14.2. The highest BCUT2D eigenvalue weighted by molar-refractivity contribution is 14.1. The number of aromatic nitrogens is 3. The van der Waals surface area contributed by atoms with Crippen molar-refractivity contribution in [2.45, 2.75) is 58.4 Å². The Hall–Kier alpha value is -3.51. The smallest absolute Gasteiger partial charge is 0.417 e. The van der Waals surface area contributed by atoms with E-state index in [1.165, 1.54) is 4.90 Å². The Morgan fingerprint density at radius 2 is 1.83 bits per heavy atom. The number of benzene rings is 2. The van der Waals surface area contributed by atoms with E-state index < -0.39 is 29.7 Å². The number of hydrogen-bond donors (Lipinski definition) is 0. The van der Waals surface area contributed by atoms with Crippen molar-refractivity contribution >= 4 is 45.6 Å². The van der Waals surface area contributed by atoms with Gasteiger partial charge in [0.15, 0.2) is 11.8 Å². The maximum Gasteiger partial charge on any atom is 0.417 e. The van der Waals surface area contributed by atoms with Gasteiger partial charge in [0.25, 0.3) is 5.91 Å². The summed E-state index contributed by atoms with van der Waals surface area (Å²) in [5, 5.41) is 5.42. The molecule has 0 unspecified atom stereocenters. The van der Waals surface area contributed by atoms with E-state index in [0.717, 1.165) is 25.8 Å². The fourth-order valence-corrected chi connectivity index (χ4v) is 6.03. The molecule has 1 saturated heterocycles. The molecule has 2 aromatic carbocycles. The van der Waals surface area contributed by atoms with Crippen molar-refractivity contribution in [1.29, 1.82) is 0 Å². The second-order valence-electron chi connectivity index (χ2n) is 11.1. The first-order valence-electron chi connectivity index (χ1n) is 13.4. The number of methoxy groups -OCH3 is 1. The molecule has 1 aliphatic rings. The summed E-state index contributed by atoms with van der Waals surface area (Å²) in [6, 6.07) is 17.1. The van der Waals surface area contributed by atoms with Gasteiger partial charge in [-0.15, -0.1) is 0 Å². The van der Waals surface area contributed by atoms with Gasteiger partial charge < -0.3 is 14.2 Å². The number of carbonyl (C=O) groups excluding carboxylic acids is 2. The van der Waals surface area contributed by atoms with Crippen LogP contribution in [-0.2, 0) is 27.2 Å². The average Bonchev–Trinajstić information content (AvgIpc) is 3.50. The van der Waals surface area contributed by atoms with Crippen LogP contribution >= 0.6 is 22.6 Å². The topological polar surface area (TPSA) is 95.8 Å². The Labute approximate surface area is 252 Å². The van der Waals surface area contributed by atoms with Crippen LogP contribution < -0.4 is 4.74 Å². The number of nitrogens with zero attached hydrogens (tertiary/aromatic N) is 4. The highest BCUT2D eigenvalue weighted by Crippen LogP contribution is 2.36. The fourth-order valence-electron chi connectivity index (χ4n) is 4.98. The third-order valence-electron chi connectivity index (χ3n) is 6.91. The number of pyridine rings is 1. The summed E-state index contributed by atoms with van der Waals surface area (Å²) in [4.78, 5) is 33.2. The highest BCUT2D eigenvalue weighted by atomic mass is 127. The lowest BCUT2D eigenvalue weighted by atomic mass is 10.0. The zero-order valence-corrected chi connectivity index (χ0v) is 25.9. The summed E-state index contributed by atoms with van der Waals surface area (Å²) in [6.07, 6.45) is 0.531. The molecule has 2 amide bonds. The first-order chi connectivity index (χ1) is 19.6. The van der Waals surface area contributed by atoms with Crippen LogP contribution in [0.1, 0.15) is 49.3 Å². The van der Waals surface area contributed by atoms with Gasteiger partial charge in [0.1, 0.15) is 12.4 Å². The lowest BCUT2D eigenvalue weighted by molar-refractivity contribution is -0.152. The van der Waals surface area contributed by atoms with Crippen LogP contribution in [0, 0.1) is 10.5 Å². The molecule has 3 heterocycles. The van der Waals surface area contributed by atoms with Gasteiger partial charge in [-0.2, -0.15) is 5.10 Å². The van der Waals surface area contributed by atoms with E-state index in [4.69, 9.17) is 19.2 Å². The molecule has 0 N–H and O–H groups in total. The van der Waals surface area contributed by atoms with Crippen molar-refractivity contribution in [1.82, 2.24) is 19.7 Å². The Morgan fingerprint density at radius 1 is 1.12 bits per heavy atom. The maximum absolute atomic E-state index is 14.2. The number of rotatable bonds is 8. The fraction of sp³-hybridized carbons (Fsp3) is 0.355. The molecule has 2 atom stereocenters. The highest BCUT2D eigenvalue weighted by Gasteiger charge is 2.44. The molecule has 0 saturated carbocycles. The van der Waals surface area contributed by atoms with Gasteiger partial charge in [0, 0.05) is 14.8 Å². The predicted octanol–water partition coefficient (Wildman–Crippen LogP) is 5.85. The minimum Gasteiger partial charge on any atom is -0.497 e. The van der Waals surface area contributed by atoms with Gasteiger partial charge in [-0.05, 0) is 80.0 Å². The molecular weight excluding hydrogens is 635 g/mol. The van der Waals surface area contributed by atoms with Crippen molar-refractivity contribution in [3.05, 3.63) is 86.7 Å². The van der Waals surface area contributed by atoms with Gasteiger partial charge >= 0.3 is 6.09 Å². The number of amides is 2. The van der Waals surface area contributed by atoms with Crippen molar-refractivity contribution < 1.29 is 23.8 Å². The van der Waals surface area contributed by atoms with Gasteiger partial charge in [-0.1, -0.05) is 42.5 Å². The van der Waals surface area contributed by atoms with Crippen LogP contribution in [0.4, 0.5) is 4.79 Å². The predicted molar refractivity (Wildman–Crippen MR) is 163 cm³/mol. The summed E-state index contributed by atoms with van der Waals surface area (Å²) in [5.41, 5.74) is 3.35. The number of hydrogen-bond acceptors (Lipinski definition) is 7. The second-order valence-corrected chi connectivity index (χ2v) is 12.1. The lowest BCUT2D eigenvalue weighted by Crippen LogP contribution is -2.45. The molecular formula is C31H33IN4O5. The Kier molecular flexibility index (Phi) is 8.32. The van der Waals surface area contributed by atoms with Crippen molar-refractivity contribution in [3.63, 3.8) is 0 Å². The van der Waals surface area contributed by atoms with Crippen LogP contribution in [0.15, 0.2) is 60.8 Å². The largest absolute Gasteiger partial charge is 0.497 e. The number of imide groups is 1. The molecule has 1 aliphatic heterocycles. The van der Waals surface area contributed by atoms with Gasteiger partial charge in [0.2, 0.25) is 0 Å². The molecule has 2 aromatic heterocycles. The van der Waals surface area contributed by atoms with E-state index in [9.17, 15) is 9.59 Å². The Balaban J connectivity index is 1.51. The third-order valence-corrected chi connectivity index (χ3v) is 8.07. The quantitative estimate of drug-likeness (QED) is 0.218. The normalized spacial score (nSPS) is 16.2. The zero-order chi connectivity index (χ0) is 29.3. The van der Waals surface area contributed by atoms with Crippen LogP contribution in [0.25, 0.3) is 11.0 Å². The Bertz CT molecular complexity index is 1560. The minimum atomic E-state index is -1.06. The number of aryl methyl sites for hydroxylation is 1. The number of carbonyl (C=O) groups is 2. The van der Waals surface area contributed by atoms with E-state index in [0.29, 0.717) is 29.9 Å². The summed E-state index contributed by atoms with van der Waals surface area (Å²) in [6.45, 7) is 8.18. The molecule has 9 nitrogen and oxygen atoms in total. The molecule has 5 rings (SSSR count). The van der Waals surface area contributed by atoms with Gasteiger partial charge in [0.05, 0.1) is 36.9 Å². The lowest BCUT2D eigenvalue weighted by Gasteiger charge is -2.31. The standard InChI is InChI=1S/C31H33IN4O5/c1-19-25(26(32)24-16-33-35(28(24)34-19)17-21-11-13-23(39-5)14-12-21)27(41-31(2,3)4)29(37)36-22(18-40-30(36)38)15-20-9-7-6-8-10-20/h6-14,16,22,27H,15,17-18H2,1-5H3/t22-,27+/m1/s1. The average molecular weight is 669 g/mol. The minimum absolute atomic E-state index is 0.132. The van der Waals surface area contributed by atoms with Crippen LogP contribution in [0.5, 0.6) is 5.75 Å². The van der Waals surface area contributed by atoms with Crippen molar-refractivity contribution in [3.8, 4) is 5.75 Å². The molecule has 1 fully saturated rings. The van der Waals surface area contributed by atoms with Crippen LogP contribution in [0.2, 0.25) is 0 Å². The first-order valence-corrected chi connectivity index (χ1v) is 14.5. The summed E-state index contributed by atoms with van der Waals surface area (Å²) in [7, 11) is 1.64. The SMILES string of the molecule is COc1ccc(Cn2ncc3c(I)c([C@H](OC(C)(C)C)C(=O)N4C(=O)OC[C@H]4Cc4ccccc4)c(C)nc32)cc1. The molecule has 0 spiro atoms. The summed E-state index contributed by atoms with van der Waals surface area (Å²) < 4.78 is 19.7. The number of fused-ring (bicyclic) bond motifs is 1. The second kappa shape index (κ2) is 11.8. The van der Waals surface area contributed by atoms with Gasteiger partial charge in [-0.25, -0.2) is 19.4 Å². The molecule has 214 valence electrons. The number of cyclic esters (lactones) is 1. The zero-order valence-electron chi connectivity index (χ0n) is 23.8. The van der Waals surface area contributed by atoms with E-state index in [-0.39, 0.29) is 6.61 Å². The summed E-state index contributed by atoms with van der Waals surface area (Å²) >= 11 is 2.23. The summed E-state index contributed by atoms with van der Waals surface area (Å²) in [5.74, 6) is 0.325. The van der Waals surface area contributed by atoms with Crippen LogP contribution in [-0.4, -0.2) is 57.0 Å². The van der Waals surface area contributed by atoms with Crippen molar-refractivity contribution in [2.75, 3.05) is 13.7 Å². The molecule has 0 radical (unpaired) electrons. The monoisotopic (exact) mass is 668 g/mol. The van der Waals surface area contributed by atoms with E-state index in [1.807, 2.05) is 87.0 Å². The Morgan fingerprint density at radius 3 is 2.49 bits per heavy atom. The molecule has 41 heavy (non-hydrogen) atoms. The van der Waals surface area contributed by atoms with E-state index >= 15 is 0 Å². The molecule has 0 aliphatic carbocycles. The number of ether oxygens (including phenoxy) is 3. The van der Waals surface area contributed by atoms with E-state index in [1.54, 1.807) is 13.3 Å².